The van der Waals surface area contributed by atoms with Gasteiger partial charge in [-0.25, -0.2) is 4.79 Å². The van der Waals surface area contributed by atoms with Crippen LogP contribution in [0.15, 0.2) is 18.2 Å². The number of carbonyl (C=O) groups excluding carboxylic acids is 2. The van der Waals surface area contributed by atoms with Crippen LogP contribution in [-0.4, -0.2) is 31.3 Å². The molecule has 0 bridgehead atoms. The van der Waals surface area contributed by atoms with E-state index in [0.717, 1.165) is 0 Å². The standard InChI is InChI=1S/C13H16N2O3S/c1-18-13(17)9-3-2-4-10(12(9)14)15-6-8(7-19)5-11(15)16/h2-4,8,19H,5-7,14H2,1H3. The number of hydrogen-bond acceptors (Lipinski definition) is 5. The monoisotopic (exact) mass is 280 g/mol. The van der Waals surface area contributed by atoms with Crippen molar-refractivity contribution in [1.82, 2.24) is 0 Å². The van der Waals surface area contributed by atoms with E-state index < -0.39 is 5.97 Å². The minimum atomic E-state index is -0.503. The van der Waals surface area contributed by atoms with E-state index in [4.69, 9.17) is 5.73 Å². The van der Waals surface area contributed by atoms with Crippen molar-refractivity contribution < 1.29 is 14.3 Å². The normalized spacial score (nSPS) is 18.7. The van der Waals surface area contributed by atoms with Crippen LogP contribution in [0.4, 0.5) is 11.4 Å². The van der Waals surface area contributed by atoms with Crippen LogP contribution in [0, 0.1) is 5.92 Å². The van der Waals surface area contributed by atoms with E-state index >= 15 is 0 Å². The molecule has 19 heavy (non-hydrogen) atoms. The maximum atomic E-state index is 12.0. The first-order valence-corrected chi connectivity index (χ1v) is 6.59. The summed E-state index contributed by atoms with van der Waals surface area (Å²) in [5.74, 6) is 0.375. The number of benzene rings is 1. The number of methoxy groups -OCH3 is 1. The second-order valence-corrected chi connectivity index (χ2v) is 4.85. The van der Waals surface area contributed by atoms with Gasteiger partial charge in [0.2, 0.25) is 5.91 Å². The molecule has 0 saturated carbocycles. The second-order valence-electron chi connectivity index (χ2n) is 4.49. The number of nitrogens with zero attached hydrogens (tertiary/aromatic N) is 1. The summed E-state index contributed by atoms with van der Waals surface area (Å²) in [5, 5.41) is 0. The molecule has 1 aliphatic rings. The molecule has 1 aromatic carbocycles. The lowest BCUT2D eigenvalue weighted by Gasteiger charge is -2.19. The number of thiol groups is 1. The summed E-state index contributed by atoms with van der Waals surface area (Å²) in [6.45, 7) is 0.581. The lowest BCUT2D eigenvalue weighted by atomic mass is 10.1. The second kappa shape index (κ2) is 5.52. The van der Waals surface area contributed by atoms with Gasteiger partial charge in [-0.2, -0.15) is 12.6 Å². The van der Waals surface area contributed by atoms with Crippen molar-refractivity contribution in [2.75, 3.05) is 30.0 Å². The van der Waals surface area contributed by atoms with Crippen molar-refractivity contribution in [3.05, 3.63) is 23.8 Å². The number of esters is 1. The van der Waals surface area contributed by atoms with Crippen LogP contribution in [0.25, 0.3) is 0 Å². The molecule has 5 nitrogen and oxygen atoms in total. The van der Waals surface area contributed by atoms with Gasteiger partial charge in [0.15, 0.2) is 0 Å². The highest BCUT2D eigenvalue weighted by Gasteiger charge is 2.31. The quantitative estimate of drug-likeness (QED) is 0.498. The number of hydrogen-bond donors (Lipinski definition) is 2. The Morgan fingerprint density at radius 2 is 2.32 bits per heavy atom. The molecule has 1 fully saturated rings. The first-order chi connectivity index (χ1) is 9.08. The number of nitrogen functional groups attached to an aromatic ring is 1. The van der Waals surface area contributed by atoms with Crippen LogP contribution < -0.4 is 10.6 Å². The zero-order valence-electron chi connectivity index (χ0n) is 10.6. The zero-order valence-corrected chi connectivity index (χ0v) is 11.5. The fourth-order valence-corrected chi connectivity index (χ4v) is 2.46. The van der Waals surface area contributed by atoms with Crippen molar-refractivity contribution in [3.63, 3.8) is 0 Å². The van der Waals surface area contributed by atoms with Crippen molar-refractivity contribution in [2.45, 2.75) is 6.42 Å². The van der Waals surface area contributed by atoms with Crippen LogP contribution in [0.2, 0.25) is 0 Å². The predicted molar refractivity (Wildman–Crippen MR) is 76.5 cm³/mol. The molecule has 102 valence electrons. The summed E-state index contributed by atoms with van der Waals surface area (Å²) in [5.41, 5.74) is 7.10. The molecule has 2 rings (SSSR count). The summed E-state index contributed by atoms with van der Waals surface area (Å²) in [4.78, 5) is 25.2. The van der Waals surface area contributed by atoms with Gasteiger partial charge in [0.1, 0.15) is 0 Å². The molecule has 0 spiro atoms. The fraction of sp³-hybridized carbons (Fsp3) is 0.385. The Morgan fingerprint density at radius 1 is 1.58 bits per heavy atom. The van der Waals surface area contributed by atoms with Crippen LogP contribution in [0.3, 0.4) is 0 Å². The van der Waals surface area contributed by atoms with Crippen molar-refractivity contribution >= 4 is 35.9 Å². The van der Waals surface area contributed by atoms with E-state index in [-0.39, 0.29) is 23.1 Å². The Bertz CT molecular complexity index is 519. The highest BCUT2D eigenvalue weighted by Crippen LogP contribution is 2.32. The highest BCUT2D eigenvalue weighted by atomic mass is 32.1. The van der Waals surface area contributed by atoms with E-state index in [9.17, 15) is 9.59 Å². The summed E-state index contributed by atoms with van der Waals surface area (Å²) in [6, 6.07) is 5.02. The largest absolute Gasteiger partial charge is 0.465 e. The SMILES string of the molecule is COC(=O)c1cccc(N2CC(CS)CC2=O)c1N. The summed E-state index contributed by atoms with van der Waals surface area (Å²) >= 11 is 4.22. The van der Waals surface area contributed by atoms with E-state index in [2.05, 4.69) is 17.4 Å². The van der Waals surface area contributed by atoms with Gasteiger partial charge < -0.3 is 15.4 Å². The molecule has 0 radical (unpaired) electrons. The number of anilines is 2. The summed E-state index contributed by atoms with van der Waals surface area (Å²) in [7, 11) is 1.30. The lowest BCUT2D eigenvalue weighted by Crippen LogP contribution is -2.26. The molecule has 1 heterocycles. The van der Waals surface area contributed by atoms with Crippen molar-refractivity contribution in [1.29, 1.82) is 0 Å². The van der Waals surface area contributed by atoms with Gasteiger partial charge in [-0.05, 0) is 23.8 Å². The maximum absolute atomic E-state index is 12.0. The van der Waals surface area contributed by atoms with Gasteiger partial charge >= 0.3 is 5.97 Å². The molecule has 2 N–H and O–H groups in total. The van der Waals surface area contributed by atoms with Crippen LogP contribution in [0.1, 0.15) is 16.8 Å². The Balaban J connectivity index is 2.36. The van der Waals surface area contributed by atoms with E-state index in [1.807, 2.05) is 0 Å². The van der Waals surface area contributed by atoms with Gasteiger partial charge in [0.25, 0.3) is 0 Å². The third-order valence-electron chi connectivity index (χ3n) is 3.24. The third-order valence-corrected chi connectivity index (χ3v) is 3.76. The number of para-hydroxylation sites is 1. The molecular formula is C13H16N2O3S. The van der Waals surface area contributed by atoms with E-state index in [1.54, 1.807) is 23.1 Å². The molecule has 1 saturated heterocycles. The molecule has 0 aromatic heterocycles. The Labute approximate surface area is 117 Å². The van der Waals surface area contributed by atoms with Crippen molar-refractivity contribution in [3.8, 4) is 0 Å². The van der Waals surface area contributed by atoms with Crippen LogP contribution >= 0.6 is 12.6 Å². The average molecular weight is 280 g/mol. The predicted octanol–water partition coefficient (Wildman–Crippen LogP) is 1.34. The summed E-state index contributed by atoms with van der Waals surface area (Å²) < 4.78 is 4.67. The number of ether oxygens (including phenoxy) is 1. The molecule has 6 heteroatoms. The topological polar surface area (TPSA) is 72.6 Å². The van der Waals surface area contributed by atoms with Crippen molar-refractivity contribution in [2.24, 2.45) is 5.92 Å². The molecule has 1 aliphatic heterocycles. The molecule has 0 aliphatic carbocycles. The van der Waals surface area contributed by atoms with Gasteiger partial charge in [-0.15, -0.1) is 0 Å². The molecule has 1 atom stereocenters. The fourth-order valence-electron chi connectivity index (χ4n) is 2.21. The van der Waals surface area contributed by atoms with Gasteiger partial charge in [-0.3, -0.25) is 4.79 Å². The first kappa shape index (κ1) is 13.7. The Morgan fingerprint density at radius 3 is 2.89 bits per heavy atom. The smallest absolute Gasteiger partial charge is 0.340 e. The number of carbonyl (C=O) groups is 2. The summed E-state index contributed by atoms with van der Waals surface area (Å²) in [6.07, 6.45) is 0.464. The first-order valence-electron chi connectivity index (χ1n) is 5.96. The number of amides is 1. The molecular weight excluding hydrogens is 264 g/mol. The molecule has 1 aromatic rings. The Hall–Kier alpha value is -1.69. The van der Waals surface area contributed by atoms with E-state index in [1.165, 1.54) is 7.11 Å². The number of nitrogens with two attached hydrogens (primary N) is 1. The lowest BCUT2D eigenvalue weighted by molar-refractivity contribution is -0.117. The third kappa shape index (κ3) is 2.53. The minimum absolute atomic E-state index is 0.00719. The van der Waals surface area contributed by atoms with Gasteiger partial charge in [0, 0.05) is 13.0 Å². The van der Waals surface area contributed by atoms with E-state index in [0.29, 0.717) is 24.4 Å². The number of rotatable bonds is 3. The van der Waals surface area contributed by atoms with Crippen LogP contribution in [-0.2, 0) is 9.53 Å². The minimum Gasteiger partial charge on any atom is -0.465 e. The van der Waals surface area contributed by atoms with Gasteiger partial charge in [-0.1, -0.05) is 6.07 Å². The average Bonchev–Trinajstić information content (AvgIpc) is 2.79. The zero-order chi connectivity index (χ0) is 14.0. The Kier molecular flexibility index (Phi) is 3.99. The van der Waals surface area contributed by atoms with Gasteiger partial charge in [0.05, 0.1) is 24.0 Å². The highest BCUT2D eigenvalue weighted by molar-refractivity contribution is 7.80. The molecule has 1 unspecified atom stereocenters. The molecule has 1 amide bonds. The maximum Gasteiger partial charge on any atom is 0.340 e. The van der Waals surface area contributed by atoms with Crippen LogP contribution in [0.5, 0.6) is 0 Å².